The fourth-order valence-corrected chi connectivity index (χ4v) is 1.07. The fourth-order valence-electron chi connectivity index (χ4n) is 0.943. The van der Waals surface area contributed by atoms with E-state index in [4.69, 9.17) is 16.7 Å². The van der Waals surface area contributed by atoms with Gasteiger partial charge in [-0.1, -0.05) is 23.7 Å². The van der Waals surface area contributed by atoms with E-state index in [2.05, 4.69) is 0 Å². The van der Waals surface area contributed by atoms with Crippen molar-refractivity contribution >= 4 is 17.6 Å². The second-order valence-corrected chi connectivity index (χ2v) is 3.05. The van der Waals surface area contributed by atoms with Gasteiger partial charge in [0.1, 0.15) is 6.17 Å². The van der Waals surface area contributed by atoms with Crippen molar-refractivity contribution < 1.29 is 14.3 Å². The Kier molecular flexibility index (Phi) is 3.25. The lowest BCUT2D eigenvalue weighted by atomic mass is 10.1. The smallest absolute Gasteiger partial charge is 0.306 e. The van der Waals surface area contributed by atoms with E-state index >= 15 is 0 Å². The summed E-state index contributed by atoms with van der Waals surface area (Å²) in [7, 11) is 0. The molecule has 0 fully saturated rings. The van der Waals surface area contributed by atoms with Gasteiger partial charge in [0.2, 0.25) is 0 Å². The van der Waals surface area contributed by atoms with Crippen LogP contribution in [0.15, 0.2) is 24.3 Å². The molecule has 0 heterocycles. The molecule has 1 atom stereocenters. The number of carboxylic acids is 1. The summed E-state index contributed by atoms with van der Waals surface area (Å²) in [6.45, 7) is 0. The molecule has 0 saturated carbocycles. The van der Waals surface area contributed by atoms with Crippen molar-refractivity contribution in [3.63, 3.8) is 0 Å². The van der Waals surface area contributed by atoms with Crippen LogP contribution >= 0.6 is 11.6 Å². The van der Waals surface area contributed by atoms with Gasteiger partial charge in [0.15, 0.2) is 0 Å². The highest BCUT2D eigenvalue weighted by Gasteiger charge is 2.13. The summed E-state index contributed by atoms with van der Waals surface area (Å²) in [5.41, 5.74) is 0.340. The lowest BCUT2D eigenvalue weighted by Crippen LogP contribution is -2.01. The summed E-state index contributed by atoms with van der Waals surface area (Å²) < 4.78 is 13.1. The van der Waals surface area contributed by atoms with E-state index in [0.717, 1.165) is 0 Å². The minimum Gasteiger partial charge on any atom is -0.481 e. The average molecular weight is 203 g/mol. The van der Waals surface area contributed by atoms with E-state index in [0.29, 0.717) is 10.6 Å². The van der Waals surface area contributed by atoms with E-state index in [1.807, 2.05) is 0 Å². The molecule has 0 bridgehead atoms. The van der Waals surface area contributed by atoms with Crippen molar-refractivity contribution in [2.45, 2.75) is 12.6 Å². The molecule has 0 aliphatic rings. The number of aliphatic carboxylic acids is 1. The number of benzene rings is 1. The maximum absolute atomic E-state index is 13.1. The summed E-state index contributed by atoms with van der Waals surface area (Å²) in [6, 6.07) is 6.03. The van der Waals surface area contributed by atoms with Crippen molar-refractivity contribution in [3.05, 3.63) is 34.9 Å². The highest BCUT2D eigenvalue weighted by atomic mass is 35.5. The molecule has 1 rings (SSSR count). The Morgan fingerprint density at radius 2 is 2.00 bits per heavy atom. The Labute approximate surface area is 80.0 Å². The predicted molar refractivity (Wildman–Crippen MR) is 47.6 cm³/mol. The number of hydrogen-bond acceptors (Lipinski definition) is 1. The molecule has 1 N–H and O–H groups in total. The number of alkyl halides is 1. The van der Waals surface area contributed by atoms with Gasteiger partial charge in [-0.3, -0.25) is 4.79 Å². The summed E-state index contributed by atoms with van der Waals surface area (Å²) in [6.07, 6.45) is -1.98. The van der Waals surface area contributed by atoms with Crippen LogP contribution in [0.2, 0.25) is 5.02 Å². The molecule has 0 aliphatic heterocycles. The molecule has 0 aliphatic carbocycles. The van der Waals surface area contributed by atoms with E-state index in [9.17, 15) is 9.18 Å². The van der Waals surface area contributed by atoms with Gasteiger partial charge >= 0.3 is 5.97 Å². The molecule has 70 valence electrons. The molecular formula is C9H8ClFO2. The van der Waals surface area contributed by atoms with E-state index in [1.54, 1.807) is 0 Å². The summed E-state index contributed by atoms with van der Waals surface area (Å²) >= 11 is 5.58. The van der Waals surface area contributed by atoms with Crippen LogP contribution < -0.4 is 0 Å². The van der Waals surface area contributed by atoms with Crippen molar-refractivity contribution in [3.8, 4) is 0 Å². The summed E-state index contributed by atoms with van der Waals surface area (Å²) in [4.78, 5) is 10.2. The molecule has 0 saturated heterocycles. The lowest BCUT2D eigenvalue weighted by molar-refractivity contribution is -0.138. The zero-order chi connectivity index (χ0) is 9.84. The first-order valence-corrected chi connectivity index (χ1v) is 4.08. The van der Waals surface area contributed by atoms with Gasteiger partial charge in [0.25, 0.3) is 0 Å². The predicted octanol–water partition coefficient (Wildman–Crippen LogP) is 2.83. The molecule has 1 aromatic rings. The first kappa shape index (κ1) is 9.99. The third kappa shape index (κ3) is 3.03. The zero-order valence-corrected chi connectivity index (χ0v) is 7.46. The molecule has 1 unspecified atom stereocenters. The second-order valence-electron chi connectivity index (χ2n) is 2.62. The van der Waals surface area contributed by atoms with Crippen LogP contribution in [0.1, 0.15) is 18.2 Å². The Morgan fingerprint density at radius 3 is 2.46 bits per heavy atom. The highest BCUT2D eigenvalue weighted by Crippen LogP contribution is 2.22. The molecule has 0 amide bonds. The maximum Gasteiger partial charge on any atom is 0.306 e. The Bertz CT molecular complexity index is 297. The minimum atomic E-state index is -1.46. The van der Waals surface area contributed by atoms with Crippen molar-refractivity contribution in [2.75, 3.05) is 0 Å². The Hall–Kier alpha value is -1.09. The third-order valence-electron chi connectivity index (χ3n) is 1.59. The van der Waals surface area contributed by atoms with Crippen LogP contribution in [0.25, 0.3) is 0 Å². The van der Waals surface area contributed by atoms with Crippen LogP contribution in [0.5, 0.6) is 0 Å². The molecule has 0 aromatic heterocycles. The quantitative estimate of drug-likeness (QED) is 0.819. The van der Waals surface area contributed by atoms with Gasteiger partial charge < -0.3 is 5.11 Å². The normalized spacial score (nSPS) is 12.5. The first-order valence-electron chi connectivity index (χ1n) is 3.71. The third-order valence-corrected chi connectivity index (χ3v) is 1.84. The Morgan fingerprint density at radius 1 is 1.46 bits per heavy atom. The van der Waals surface area contributed by atoms with Gasteiger partial charge in [-0.25, -0.2) is 4.39 Å². The zero-order valence-electron chi connectivity index (χ0n) is 6.71. The van der Waals surface area contributed by atoms with Crippen molar-refractivity contribution in [1.29, 1.82) is 0 Å². The first-order chi connectivity index (χ1) is 6.09. The maximum atomic E-state index is 13.1. The number of hydrogen-bond donors (Lipinski definition) is 1. The number of halogens is 2. The van der Waals surface area contributed by atoms with Gasteiger partial charge in [0, 0.05) is 5.02 Å². The minimum absolute atomic E-state index is 0.340. The SMILES string of the molecule is O=C(O)CC(F)c1ccc(Cl)cc1. The second kappa shape index (κ2) is 4.23. The van der Waals surface area contributed by atoms with Crippen LogP contribution in [0, 0.1) is 0 Å². The van der Waals surface area contributed by atoms with Gasteiger partial charge in [0.05, 0.1) is 6.42 Å². The van der Waals surface area contributed by atoms with Crippen LogP contribution in [-0.4, -0.2) is 11.1 Å². The number of carboxylic acid groups (broad SMARTS) is 1. The van der Waals surface area contributed by atoms with Crippen LogP contribution in [0.4, 0.5) is 4.39 Å². The van der Waals surface area contributed by atoms with E-state index in [-0.39, 0.29) is 0 Å². The largest absolute Gasteiger partial charge is 0.481 e. The van der Waals surface area contributed by atoms with E-state index < -0.39 is 18.6 Å². The molecule has 0 spiro atoms. The van der Waals surface area contributed by atoms with Crippen LogP contribution in [-0.2, 0) is 4.79 Å². The molecule has 13 heavy (non-hydrogen) atoms. The molecule has 2 nitrogen and oxygen atoms in total. The lowest BCUT2D eigenvalue weighted by Gasteiger charge is -2.04. The van der Waals surface area contributed by atoms with Crippen molar-refractivity contribution in [1.82, 2.24) is 0 Å². The Balaban J connectivity index is 2.71. The highest BCUT2D eigenvalue weighted by molar-refractivity contribution is 6.30. The van der Waals surface area contributed by atoms with Gasteiger partial charge in [-0.15, -0.1) is 0 Å². The van der Waals surface area contributed by atoms with E-state index in [1.165, 1.54) is 24.3 Å². The van der Waals surface area contributed by atoms with Crippen molar-refractivity contribution in [2.24, 2.45) is 0 Å². The fraction of sp³-hybridized carbons (Fsp3) is 0.222. The number of carbonyl (C=O) groups is 1. The monoisotopic (exact) mass is 202 g/mol. The molecule has 4 heteroatoms. The molecule has 0 radical (unpaired) electrons. The standard InChI is InChI=1S/C9H8ClFO2/c10-7-3-1-6(2-4-7)8(11)5-9(12)13/h1-4,8H,5H2,(H,12,13). The molecule has 1 aromatic carbocycles. The number of rotatable bonds is 3. The summed E-state index contributed by atoms with van der Waals surface area (Å²) in [5.74, 6) is -1.15. The molecular weight excluding hydrogens is 195 g/mol. The van der Waals surface area contributed by atoms with Gasteiger partial charge in [-0.05, 0) is 17.7 Å². The average Bonchev–Trinajstić information content (AvgIpc) is 2.04. The van der Waals surface area contributed by atoms with Gasteiger partial charge in [-0.2, -0.15) is 0 Å². The van der Waals surface area contributed by atoms with Crippen LogP contribution in [0.3, 0.4) is 0 Å². The summed E-state index contributed by atoms with van der Waals surface area (Å²) in [5, 5.41) is 8.84. The topological polar surface area (TPSA) is 37.3 Å².